The summed E-state index contributed by atoms with van der Waals surface area (Å²) in [4.78, 5) is 32.1. The predicted octanol–water partition coefficient (Wildman–Crippen LogP) is 3.87. The van der Waals surface area contributed by atoms with Gasteiger partial charge in [-0.3, -0.25) is 19.8 Å². The van der Waals surface area contributed by atoms with Crippen molar-refractivity contribution in [2.45, 2.75) is 25.7 Å². The van der Waals surface area contributed by atoms with Crippen LogP contribution in [0.4, 0.5) is 5.13 Å². The van der Waals surface area contributed by atoms with E-state index in [-0.39, 0.29) is 18.4 Å². The molecule has 1 fully saturated rings. The molecule has 1 aromatic heterocycles. The Morgan fingerprint density at radius 2 is 2.07 bits per heavy atom. The van der Waals surface area contributed by atoms with Crippen LogP contribution in [0.1, 0.15) is 29.0 Å². The van der Waals surface area contributed by atoms with E-state index in [1.807, 2.05) is 12.1 Å². The number of fused-ring (bicyclic) bond motifs is 1. The Hall–Kier alpha value is -2.23. The highest BCUT2D eigenvalue weighted by molar-refractivity contribution is 8.26. The van der Waals surface area contributed by atoms with Crippen LogP contribution in [0.3, 0.4) is 0 Å². The van der Waals surface area contributed by atoms with E-state index in [4.69, 9.17) is 17.0 Å². The summed E-state index contributed by atoms with van der Waals surface area (Å²) in [5.74, 6) is 0.256. The lowest BCUT2D eigenvalue weighted by Crippen LogP contribution is -2.22. The van der Waals surface area contributed by atoms with E-state index in [9.17, 15) is 9.59 Å². The van der Waals surface area contributed by atoms with Gasteiger partial charge in [-0.2, -0.15) is 0 Å². The summed E-state index contributed by atoms with van der Waals surface area (Å²) in [6.07, 6.45) is 6.19. The first-order valence-electron chi connectivity index (χ1n) is 9.22. The molecule has 4 rings (SSSR count). The van der Waals surface area contributed by atoms with Crippen LogP contribution in [0.15, 0.2) is 29.2 Å². The number of aromatic nitrogens is 1. The molecule has 0 unspecified atom stereocenters. The first-order chi connectivity index (χ1) is 14.0. The van der Waals surface area contributed by atoms with Crippen LogP contribution in [0.25, 0.3) is 6.08 Å². The second-order valence-electron chi connectivity index (χ2n) is 6.74. The molecule has 2 aromatic rings. The van der Waals surface area contributed by atoms with Crippen LogP contribution in [-0.4, -0.2) is 39.7 Å². The Morgan fingerprint density at radius 1 is 1.31 bits per heavy atom. The number of rotatable bonds is 5. The second-order valence-corrected chi connectivity index (χ2v) is 9.50. The highest BCUT2D eigenvalue weighted by atomic mass is 32.2. The second kappa shape index (κ2) is 8.64. The number of ether oxygens (including phenoxy) is 1. The van der Waals surface area contributed by atoms with Crippen molar-refractivity contribution in [1.29, 1.82) is 0 Å². The van der Waals surface area contributed by atoms with Crippen LogP contribution in [0.5, 0.6) is 5.75 Å². The lowest BCUT2D eigenvalue weighted by Gasteiger charge is -2.06. The highest BCUT2D eigenvalue weighted by Gasteiger charge is 2.28. The first-order valence-corrected chi connectivity index (χ1v) is 11.3. The van der Waals surface area contributed by atoms with E-state index in [1.54, 1.807) is 36.6 Å². The number of thiazole rings is 1. The lowest BCUT2D eigenvalue weighted by molar-refractivity contribution is -0.121. The minimum absolute atomic E-state index is 0.0852. The Bertz CT molecular complexity index is 975. The normalized spacial score (nSPS) is 17.6. The van der Waals surface area contributed by atoms with Crippen LogP contribution >= 0.6 is 35.3 Å². The van der Waals surface area contributed by atoms with E-state index < -0.39 is 0 Å². The Balaban J connectivity index is 1.31. The van der Waals surface area contributed by atoms with Crippen molar-refractivity contribution in [3.8, 4) is 5.75 Å². The molecule has 0 spiro atoms. The molecule has 1 saturated heterocycles. The van der Waals surface area contributed by atoms with Gasteiger partial charge in [-0.1, -0.05) is 36.1 Å². The average molecular weight is 446 g/mol. The third kappa shape index (κ3) is 4.68. The summed E-state index contributed by atoms with van der Waals surface area (Å²) in [6.45, 7) is -0.0852. The van der Waals surface area contributed by atoms with Crippen molar-refractivity contribution >= 4 is 62.7 Å². The summed E-state index contributed by atoms with van der Waals surface area (Å²) in [5.41, 5.74) is 1.98. The van der Waals surface area contributed by atoms with E-state index in [0.29, 0.717) is 20.1 Å². The molecule has 0 radical (unpaired) electrons. The van der Waals surface area contributed by atoms with Crippen molar-refractivity contribution < 1.29 is 14.3 Å². The molecule has 29 heavy (non-hydrogen) atoms. The van der Waals surface area contributed by atoms with Gasteiger partial charge in [0, 0.05) is 11.9 Å². The fraction of sp³-hybridized carbons (Fsp3) is 0.300. The van der Waals surface area contributed by atoms with Gasteiger partial charge in [0.15, 0.2) is 11.7 Å². The maximum atomic E-state index is 12.2. The Labute approximate surface area is 182 Å². The maximum Gasteiger partial charge on any atom is 0.265 e. The number of thiocarbonyl (C=S) groups is 1. The lowest BCUT2D eigenvalue weighted by atomic mass is 10.0. The summed E-state index contributed by atoms with van der Waals surface area (Å²) < 4.78 is 6.11. The maximum absolute atomic E-state index is 12.2. The van der Waals surface area contributed by atoms with E-state index in [0.717, 1.165) is 30.5 Å². The number of carbonyl (C=O) groups excluding carboxylic acids is 2. The van der Waals surface area contributed by atoms with Crippen LogP contribution in [-0.2, 0) is 22.4 Å². The first kappa shape index (κ1) is 20.1. The topological polar surface area (TPSA) is 71.5 Å². The molecule has 0 bridgehead atoms. The number of nitrogens with zero attached hydrogens (tertiary/aromatic N) is 2. The number of nitrogens with one attached hydrogen (secondary N) is 1. The van der Waals surface area contributed by atoms with Gasteiger partial charge in [-0.15, -0.1) is 11.3 Å². The van der Waals surface area contributed by atoms with E-state index in [1.165, 1.54) is 28.0 Å². The summed E-state index contributed by atoms with van der Waals surface area (Å²) in [5, 5.41) is 3.47. The van der Waals surface area contributed by atoms with Crippen molar-refractivity contribution in [3.05, 3.63) is 45.3 Å². The number of thioether (sulfide) groups is 1. The summed E-state index contributed by atoms with van der Waals surface area (Å²) in [7, 11) is 1.67. The number of likely N-dealkylation sites (N-methyl/N-ethyl adjacent to an activating group) is 1. The van der Waals surface area contributed by atoms with Crippen molar-refractivity contribution in [3.63, 3.8) is 0 Å². The minimum atomic E-state index is -0.230. The van der Waals surface area contributed by atoms with E-state index >= 15 is 0 Å². The molecule has 150 valence electrons. The van der Waals surface area contributed by atoms with E-state index in [2.05, 4.69) is 10.3 Å². The molecule has 9 heteroatoms. The molecule has 2 amide bonds. The molecule has 1 N–H and O–H groups in total. The van der Waals surface area contributed by atoms with Gasteiger partial charge in [-0.05, 0) is 49.5 Å². The third-order valence-corrected chi connectivity index (χ3v) is 7.18. The zero-order valence-electron chi connectivity index (χ0n) is 15.8. The third-order valence-electron chi connectivity index (χ3n) is 4.63. The molecule has 0 atom stereocenters. The number of aryl methyl sites for hydroxylation is 2. The number of carbonyl (C=O) groups is 2. The zero-order valence-corrected chi connectivity index (χ0v) is 18.2. The van der Waals surface area contributed by atoms with Gasteiger partial charge in [0.25, 0.3) is 11.8 Å². The smallest absolute Gasteiger partial charge is 0.265 e. The molecule has 1 aromatic carbocycles. The van der Waals surface area contributed by atoms with Crippen molar-refractivity contribution in [1.82, 2.24) is 9.88 Å². The van der Waals surface area contributed by atoms with Gasteiger partial charge in [0.1, 0.15) is 10.1 Å². The fourth-order valence-electron chi connectivity index (χ4n) is 3.07. The highest BCUT2D eigenvalue weighted by Crippen LogP contribution is 2.32. The van der Waals surface area contributed by atoms with Crippen molar-refractivity contribution in [2.24, 2.45) is 0 Å². The Morgan fingerprint density at radius 3 is 2.76 bits per heavy atom. The van der Waals surface area contributed by atoms with Gasteiger partial charge >= 0.3 is 0 Å². The predicted molar refractivity (Wildman–Crippen MR) is 120 cm³/mol. The van der Waals surface area contributed by atoms with Gasteiger partial charge in [0.05, 0.1) is 10.6 Å². The standard InChI is InChI=1S/C20H19N3O3S3/c1-23-18(25)16(29-20(23)27)10-12-6-8-13(9-7-12)26-11-17(24)22-19-21-14-4-2-3-5-15(14)28-19/h6-10H,2-5,11H2,1H3,(H,21,22,24)/b16-10-. The molecular weight excluding hydrogens is 426 g/mol. The number of benzene rings is 1. The molecule has 2 aliphatic rings. The summed E-state index contributed by atoms with van der Waals surface area (Å²) in [6, 6.07) is 7.22. The number of amides is 2. The molecule has 2 heterocycles. The van der Waals surface area contributed by atoms with Crippen LogP contribution < -0.4 is 10.1 Å². The van der Waals surface area contributed by atoms with Gasteiger partial charge < -0.3 is 4.74 Å². The molecule has 1 aliphatic heterocycles. The molecule has 6 nitrogen and oxygen atoms in total. The van der Waals surface area contributed by atoms with Gasteiger partial charge in [-0.25, -0.2) is 4.98 Å². The molecule has 1 aliphatic carbocycles. The summed E-state index contributed by atoms with van der Waals surface area (Å²) >= 11 is 7.97. The Kier molecular flexibility index (Phi) is 5.98. The average Bonchev–Trinajstić information content (AvgIpc) is 3.23. The quantitative estimate of drug-likeness (QED) is 0.556. The van der Waals surface area contributed by atoms with Gasteiger partial charge in [0.2, 0.25) is 0 Å². The fourth-order valence-corrected chi connectivity index (χ4v) is 5.31. The molecular formula is C20H19N3O3S3. The SMILES string of the molecule is CN1C(=O)/C(=C/c2ccc(OCC(=O)Nc3nc4c(s3)CCCC4)cc2)SC1=S. The largest absolute Gasteiger partial charge is 0.484 e. The zero-order chi connectivity index (χ0) is 20.4. The monoisotopic (exact) mass is 445 g/mol. The van der Waals surface area contributed by atoms with Crippen molar-refractivity contribution in [2.75, 3.05) is 19.0 Å². The minimum Gasteiger partial charge on any atom is -0.484 e. The number of anilines is 1. The number of hydrogen-bond acceptors (Lipinski definition) is 7. The van der Waals surface area contributed by atoms with Crippen LogP contribution in [0.2, 0.25) is 0 Å². The molecule has 0 saturated carbocycles. The number of hydrogen-bond donors (Lipinski definition) is 1. The van der Waals surface area contributed by atoms with Crippen LogP contribution in [0, 0.1) is 0 Å².